The number of rotatable bonds is 2. The van der Waals surface area contributed by atoms with Gasteiger partial charge in [-0.25, -0.2) is 8.78 Å². The molecule has 0 saturated heterocycles. The van der Waals surface area contributed by atoms with Crippen molar-refractivity contribution >= 4 is 11.6 Å². The molecule has 0 bridgehead atoms. The molecular weight excluding hydrogens is 241 g/mol. The van der Waals surface area contributed by atoms with E-state index in [1.54, 1.807) is 0 Å². The molecule has 0 aliphatic rings. The summed E-state index contributed by atoms with van der Waals surface area (Å²) in [5, 5.41) is 0. The zero-order valence-electron chi connectivity index (χ0n) is 7.15. The molecule has 0 N–H and O–H groups in total. The number of nitrogens with zero attached hydrogens (tertiary/aromatic N) is 1. The van der Waals surface area contributed by atoms with Gasteiger partial charge >= 0.3 is 6.18 Å². The normalized spacial score (nSPS) is 12.2. The van der Waals surface area contributed by atoms with E-state index in [-0.39, 0.29) is 11.4 Å². The van der Waals surface area contributed by atoms with Gasteiger partial charge in [-0.05, 0) is 11.6 Å². The lowest BCUT2D eigenvalue weighted by Crippen LogP contribution is -2.09. The average Bonchev–Trinajstić information content (AvgIpc) is 2.15. The molecule has 0 spiro atoms. The summed E-state index contributed by atoms with van der Waals surface area (Å²) in [7, 11) is 0. The third-order valence-electron chi connectivity index (χ3n) is 1.69. The smallest absolute Gasteiger partial charge is 0.251 e. The zero-order valence-corrected chi connectivity index (χ0v) is 7.91. The Morgan fingerprint density at radius 1 is 1.33 bits per heavy atom. The standard InChI is InChI=1S/C8H5ClF5N/c9-2-4-3-15-6(8(12,13)14)1-5(4)7(10)11/h1,3,7H,2H2. The van der Waals surface area contributed by atoms with Gasteiger partial charge in [0.1, 0.15) is 5.69 Å². The summed E-state index contributed by atoms with van der Waals surface area (Å²) in [5.74, 6) is -0.301. The second-order valence-electron chi connectivity index (χ2n) is 2.70. The Morgan fingerprint density at radius 2 is 1.93 bits per heavy atom. The van der Waals surface area contributed by atoms with Crippen LogP contribution >= 0.6 is 11.6 Å². The van der Waals surface area contributed by atoms with Gasteiger partial charge in [-0.3, -0.25) is 4.98 Å². The number of hydrogen-bond donors (Lipinski definition) is 0. The highest BCUT2D eigenvalue weighted by atomic mass is 35.5. The van der Waals surface area contributed by atoms with Crippen LogP contribution in [0.25, 0.3) is 0 Å². The van der Waals surface area contributed by atoms with Crippen molar-refractivity contribution in [1.82, 2.24) is 4.98 Å². The summed E-state index contributed by atoms with van der Waals surface area (Å²) >= 11 is 5.29. The van der Waals surface area contributed by atoms with Gasteiger partial charge in [0.2, 0.25) is 0 Å². The molecule has 1 nitrogen and oxygen atoms in total. The van der Waals surface area contributed by atoms with Crippen LogP contribution in [0.1, 0.15) is 23.2 Å². The maximum absolute atomic E-state index is 12.3. The first-order valence-electron chi connectivity index (χ1n) is 3.76. The molecule has 1 rings (SSSR count). The highest BCUT2D eigenvalue weighted by Gasteiger charge is 2.33. The molecule has 0 amide bonds. The molecule has 0 fully saturated rings. The average molecular weight is 246 g/mol. The minimum Gasteiger partial charge on any atom is -0.251 e. The molecule has 0 saturated carbocycles. The number of alkyl halides is 6. The van der Waals surface area contributed by atoms with Crippen LogP contribution in [0.15, 0.2) is 12.3 Å². The van der Waals surface area contributed by atoms with Crippen molar-refractivity contribution in [2.75, 3.05) is 0 Å². The lowest BCUT2D eigenvalue weighted by atomic mass is 10.1. The van der Waals surface area contributed by atoms with Crippen molar-refractivity contribution in [2.24, 2.45) is 0 Å². The van der Waals surface area contributed by atoms with Gasteiger partial charge in [0.25, 0.3) is 6.43 Å². The van der Waals surface area contributed by atoms with Gasteiger partial charge in [0.15, 0.2) is 0 Å². The summed E-state index contributed by atoms with van der Waals surface area (Å²) in [6.07, 6.45) is -7.01. The van der Waals surface area contributed by atoms with Gasteiger partial charge in [-0.2, -0.15) is 13.2 Å². The van der Waals surface area contributed by atoms with Crippen LogP contribution in [-0.4, -0.2) is 4.98 Å². The van der Waals surface area contributed by atoms with Crippen LogP contribution in [0.2, 0.25) is 0 Å². The fourth-order valence-corrected chi connectivity index (χ4v) is 1.19. The Kier molecular flexibility index (Phi) is 3.49. The van der Waals surface area contributed by atoms with Crippen LogP contribution in [0.3, 0.4) is 0 Å². The predicted molar refractivity (Wildman–Crippen MR) is 43.8 cm³/mol. The Bertz CT molecular complexity index is 349. The van der Waals surface area contributed by atoms with E-state index in [1.165, 1.54) is 0 Å². The topological polar surface area (TPSA) is 12.9 Å². The van der Waals surface area contributed by atoms with Gasteiger partial charge in [0.05, 0.1) is 0 Å². The monoisotopic (exact) mass is 245 g/mol. The Labute approximate surface area is 86.9 Å². The van der Waals surface area contributed by atoms with Crippen LogP contribution in [-0.2, 0) is 12.1 Å². The van der Waals surface area contributed by atoms with Gasteiger partial charge in [-0.15, -0.1) is 11.6 Å². The number of hydrogen-bond acceptors (Lipinski definition) is 1. The largest absolute Gasteiger partial charge is 0.433 e. The highest BCUT2D eigenvalue weighted by molar-refractivity contribution is 6.17. The Balaban J connectivity index is 3.22. The number of pyridine rings is 1. The molecule has 0 unspecified atom stereocenters. The molecule has 1 heterocycles. The summed E-state index contributed by atoms with van der Waals surface area (Å²) in [5.41, 5.74) is -2.17. The minimum absolute atomic E-state index is 0.0975. The second kappa shape index (κ2) is 4.30. The quantitative estimate of drug-likeness (QED) is 0.571. The number of aromatic nitrogens is 1. The fraction of sp³-hybridized carbons (Fsp3) is 0.375. The van der Waals surface area contributed by atoms with E-state index in [9.17, 15) is 22.0 Å². The lowest BCUT2D eigenvalue weighted by Gasteiger charge is -2.10. The van der Waals surface area contributed by atoms with Crippen LogP contribution in [0.4, 0.5) is 22.0 Å². The lowest BCUT2D eigenvalue weighted by molar-refractivity contribution is -0.141. The first kappa shape index (κ1) is 12.2. The van der Waals surface area contributed by atoms with Crippen LogP contribution in [0, 0.1) is 0 Å². The van der Waals surface area contributed by atoms with Gasteiger partial charge < -0.3 is 0 Å². The summed E-state index contributed by atoms with van der Waals surface area (Å²) in [6, 6.07) is 0.322. The van der Waals surface area contributed by atoms with Crippen LogP contribution in [0.5, 0.6) is 0 Å². The van der Waals surface area contributed by atoms with Crippen LogP contribution < -0.4 is 0 Å². The summed E-state index contributed by atoms with van der Waals surface area (Å²) in [6.45, 7) is 0. The van der Waals surface area contributed by atoms with E-state index >= 15 is 0 Å². The van der Waals surface area contributed by atoms with E-state index in [0.717, 1.165) is 6.20 Å². The van der Waals surface area contributed by atoms with E-state index in [0.29, 0.717) is 6.07 Å². The van der Waals surface area contributed by atoms with Gasteiger partial charge in [0, 0.05) is 17.6 Å². The molecule has 7 heteroatoms. The third-order valence-corrected chi connectivity index (χ3v) is 1.98. The van der Waals surface area contributed by atoms with Crippen molar-refractivity contribution in [2.45, 2.75) is 18.5 Å². The molecule has 0 aromatic carbocycles. The Morgan fingerprint density at radius 3 is 2.33 bits per heavy atom. The summed E-state index contributed by atoms with van der Waals surface area (Å²) in [4.78, 5) is 3.02. The van der Waals surface area contributed by atoms with Crippen molar-refractivity contribution in [3.63, 3.8) is 0 Å². The second-order valence-corrected chi connectivity index (χ2v) is 2.97. The van der Waals surface area contributed by atoms with Crippen molar-refractivity contribution in [3.8, 4) is 0 Å². The predicted octanol–water partition coefficient (Wildman–Crippen LogP) is 3.78. The molecular formula is C8H5ClF5N. The molecule has 0 radical (unpaired) electrons. The zero-order chi connectivity index (χ0) is 11.6. The highest BCUT2D eigenvalue weighted by Crippen LogP contribution is 2.32. The van der Waals surface area contributed by atoms with Gasteiger partial charge in [-0.1, -0.05) is 0 Å². The van der Waals surface area contributed by atoms with E-state index < -0.39 is 23.9 Å². The van der Waals surface area contributed by atoms with E-state index in [2.05, 4.69) is 4.98 Å². The van der Waals surface area contributed by atoms with Crippen molar-refractivity contribution < 1.29 is 22.0 Å². The maximum atomic E-state index is 12.3. The third kappa shape index (κ3) is 2.77. The van der Waals surface area contributed by atoms with Crippen molar-refractivity contribution in [1.29, 1.82) is 0 Å². The first-order valence-corrected chi connectivity index (χ1v) is 4.30. The molecule has 0 aliphatic carbocycles. The summed E-state index contributed by atoms with van der Waals surface area (Å²) < 4.78 is 61.0. The first-order chi connectivity index (χ1) is 6.86. The molecule has 1 aromatic heterocycles. The minimum atomic E-state index is -4.73. The van der Waals surface area contributed by atoms with E-state index in [1.807, 2.05) is 0 Å². The molecule has 0 atom stereocenters. The SMILES string of the molecule is FC(F)c1cc(C(F)(F)F)ncc1CCl. The number of halogens is 6. The van der Waals surface area contributed by atoms with E-state index in [4.69, 9.17) is 11.6 Å². The molecule has 0 aliphatic heterocycles. The Hall–Kier alpha value is -0.910. The van der Waals surface area contributed by atoms with Crippen molar-refractivity contribution in [3.05, 3.63) is 29.1 Å². The molecule has 84 valence electrons. The molecule has 1 aromatic rings. The maximum Gasteiger partial charge on any atom is 0.433 e. The molecule has 15 heavy (non-hydrogen) atoms. The fourth-order valence-electron chi connectivity index (χ4n) is 0.969.